The smallest absolute Gasteiger partial charge is 0.317 e. The largest absolute Gasteiger partial charge is 0.447 e. The van der Waals surface area contributed by atoms with Crippen molar-refractivity contribution in [2.45, 2.75) is 30.3 Å². The number of ketones is 1. The van der Waals surface area contributed by atoms with E-state index in [0.29, 0.717) is 16.8 Å². The molecular weight excluding hydrogens is 450 g/mol. The van der Waals surface area contributed by atoms with Crippen molar-refractivity contribution in [3.05, 3.63) is 64.6 Å². The number of nitrogens with zero attached hydrogens (tertiary/aromatic N) is 4. The van der Waals surface area contributed by atoms with Gasteiger partial charge in [-0.3, -0.25) is 20.3 Å². The minimum Gasteiger partial charge on any atom is -0.447 e. The quantitative estimate of drug-likeness (QED) is 0.142. The Bertz CT molecular complexity index is 1080. The molecule has 1 saturated heterocycles. The molecule has 1 aliphatic rings. The van der Waals surface area contributed by atoms with Gasteiger partial charge in [-0.15, -0.1) is 10.0 Å². The number of hydrogen-bond acceptors (Lipinski definition) is 11. The highest BCUT2D eigenvalue weighted by molar-refractivity contribution is 6.09. The second-order valence-corrected chi connectivity index (χ2v) is 7.65. The highest BCUT2D eigenvalue weighted by Gasteiger charge is 2.56. The Morgan fingerprint density at radius 1 is 1.00 bits per heavy atom. The number of aliphatic hydroxyl groups is 3. The van der Waals surface area contributed by atoms with Crippen molar-refractivity contribution in [3.63, 3.8) is 0 Å². The third-order valence-electron chi connectivity index (χ3n) is 4.90. The van der Waals surface area contributed by atoms with Crippen LogP contribution in [-0.4, -0.2) is 76.4 Å². The SMILES string of the molecule is CN(C)/N=N/c1ccc(C(=O)c2ccc(O[C@@]3(N)O[C@@H](C(=O)N=O)[C@H](O)[C@@H](O)[C@@H]3O)cc2)cc1. The van der Waals surface area contributed by atoms with Gasteiger partial charge < -0.3 is 24.8 Å². The summed E-state index contributed by atoms with van der Waals surface area (Å²) in [6, 6.07) is 12.0. The molecule has 0 saturated carbocycles. The molecule has 0 aliphatic carbocycles. The lowest BCUT2D eigenvalue weighted by Gasteiger charge is -2.44. The summed E-state index contributed by atoms with van der Waals surface area (Å²) in [5, 5.41) is 41.6. The number of nitroso groups, excluding NO2 is 1. The molecule has 0 unspecified atom stereocenters. The fourth-order valence-electron chi connectivity index (χ4n) is 3.12. The molecule has 2 aromatic carbocycles. The molecule has 2 aromatic rings. The minimum absolute atomic E-state index is 0.00592. The van der Waals surface area contributed by atoms with Crippen molar-refractivity contribution in [1.29, 1.82) is 0 Å². The Labute approximate surface area is 193 Å². The number of carbonyl (C=O) groups is 2. The average molecular weight is 473 g/mol. The molecule has 5 atom stereocenters. The first kappa shape index (κ1) is 25.0. The van der Waals surface area contributed by atoms with Crippen molar-refractivity contribution in [1.82, 2.24) is 5.01 Å². The molecule has 1 aliphatic heterocycles. The van der Waals surface area contributed by atoms with E-state index in [1.54, 1.807) is 38.4 Å². The Kier molecular flexibility index (Phi) is 7.44. The van der Waals surface area contributed by atoms with Gasteiger partial charge in [0.15, 0.2) is 18.0 Å². The van der Waals surface area contributed by atoms with Gasteiger partial charge in [-0.1, -0.05) is 5.22 Å². The lowest BCUT2D eigenvalue weighted by atomic mass is 9.96. The van der Waals surface area contributed by atoms with E-state index in [4.69, 9.17) is 15.2 Å². The molecule has 0 radical (unpaired) electrons. The topological polar surface area (TPSA) is 197 Å². The average Bonchev–Trinajstić information content (AvgIpc) is 2.83. The van der Waals surface area contributed by atoms with Crippen molar-refractivity contribution in [2.24, 2.45) is 21.2 Å². The number of ether oxygens (including phenoxy) is 2. The van der Waals surface area contributed by atoms with Crippen LogP contribution in [0.25, 0.3) is 0 Å². The maximum absolute atomic E-state index is 12.7. The van der Waals surface area contributed by atoms with Gasteiger partial charge in [0.1, 0.15) is 18.0 Å². The van der Waals surface area contributed by atoms with Crippen LogP contribution in [0.15, 0.2) is 64.0 Å². The van der Waals surface area contributed by atoms with E-state index in [0.717, 1.165) is 0 Å². The Morgan fingerprint density at radius 3 is 2.09 bits per heavy atom. The number of carbonyl (C=O) groups excluding carboxylic acids is 2. The van der Waals surface area contributed by atoms with Gasteiger partial charge >= 0.3 is 5.91 Å². The first-order valence-corrected chi connectivity index (χ1v) is 9.96. The zero-order valence-corrected chi connectivity index (χ0v) is 18.2. The number of nitrogens with two attached hydrogens (primary N) is 1. The van der Waals surface area contributed by atoms with Crippen LogP contribution in [0.5, 0.6) is 5.75 Å². The monoisotopic (exact) mass is 473 g/mol. The summed E-state index contributed by atoms with van der Waals surface area (Å²) >= 11 is 0. The molecule has 34 heavy (non-hydrogen) atoms. The van der Waals surface area contributed by atoms with E-state index in [-0.39, 0.29) is 11.5 Å². The molecule has 0 aromatic heterocycles. The first-order valence-electron chi connectivity index (χ1n) is 9.96. The third-order valence-corrected chi connectivity index (χ3v) is 4.90. The normalized spacial score (nSPS) is 26.8. The highest BCUT2D eigenvalue weighted by Crippen LogP contribution is 2.30. The summed E-state index contributed by atoms with van der Waals surface area (Å²) in [5.74, 6) is -4.22. The predicted molar refractivity (Wildman–Crippen MR) is 116 cm³/mol. The van der Waals surface area contributed by atoms with E-state index in [1.807, 2.05) is 0 Å². The Balaban J connectivity index is 1.74. The van der Waals surface area contributed by atoms with Crippen LogP contribution in [0.3, 0.4) is 0 Å². The van der Waals surface area contributed by atoms with Crippen LogP contribution < -0.4 is 10.5 Å². The minimum atomic E-state index is -2.49. The number of aliphatic hydroxyl groups excluding tert-OH is 3. The van der Waals surface area contributed by atoms with Crippen molar-refractivity contribution in [2.75, 3.05) is 14.1 Å². The maximum atomic E-state index is 12.7. The van der Waals surface area contributed by atoms with E-state index in [1.165, 1.54) is 29.3 Å². The Hall–Kier alpha value is -3.62. The molecule has 13 heteroatoms. The van der Waals surface area contributed by atoms with Crippen LogP contribution in [-0.2, 0) is 9.53 Å². The van der Waals surface area contributed by atoms with Crippen LogP contribution in [0.2, 0.25) is 0 Å². The summed E-state index contributed by atoms with van der Waals surface area (Å²) in [5.41, 5.74) is 7.15. The van der Waals surface area contributed by atoms with E-state index >= 15 is 0 Å². The second-order valence-electron chi connectivity index (χ2n) is 7.65. The zero-order chi connectivity index (χ0) is 25.0. The fourth-order valence-corrected chi connectivity index (χ4v) is 3.12. The third kappa shape index (κ3) is 5.30. The van der Waals surface area contributed by atoms with Crippen molar-refractivity contribution >= 4 is 17.4 Å². The summed E-state index contributed by atoms with van der Waals surface area (Å²) in [6.45, 7) is 0. The van der Waals surface area contributed by atoms with Crippen LogP contribution in [0.1, 0.15) is 15.9 Å². The summed E-state index contributed by atoms with van der Waals surface area (Å²) in [6.07, 6.45) is -7.84. The molecule has 1 fully saturated rings. The molecule has 13 nitrogen and oxygen atoms in total. The van der Waals surface area contributed by atoms with E-state index in [9.17, 15) is 29.8 Å². The van der Waals surface area contributed by atoms with Crippen molar-refractivity contribution in [3.8, 4) is 5.75 Å². The van der Waals surface area contributed by atoms with Gasteiger partial charge in [0.25, 0.3) is 5.91 Å². The van der Waals surface area contributed by atoms with Crippen LogP contribution >= 0.6 is 0 Å². The summed E-state index contributed by atoms with van der Waals surface area (Å²) in [4.78, 5) is 34.9. The molecule has 1 amide bonds. The molecule has 3 rings (SSSR count). The summed E-state index contributed by atoms with van der Waals surface area (Å²) in [7, 11) is 3.46. The lowest BCUT2D eigenvalue weighted by Crippen LogP contribution is -2.72. The first-order chi connectivity index (χ1) is 16.1. The van der Waals surface area contributed by atoms with Gasteiger partial charge in [-0.25, -0.2) is 0 Å². The standard InChI is InChI=1S/C21H23N5O8/c1-26(2)25-23-13-7-3-11(4-8-13)15(27)12-5-9-14(10-6-12)33-21(22)19(30)17(29)16(28)18(34-21)20(31)24-32/h3-10,16-19,28-30H,22H2,1-2H3/b25-23+/t16-,17-,18-,19+,21-/m1/s1. The van der Waals surface area contributed by atoms with E-state index < -0.39 is 36.2 Å². The highest BCUT2D eigenvalue weighted by atomic mass is 16.7. The second kappa shape index (κ2) is 10.1. The van der Waals surface area contributed by atoms with Crippen LogP contribution in [0, 0.1) is 4.91 Å². The summed E-state index contributed by atoms with van der Waals surface area (Å²) < 4.78 is 10.5. The molecular formula is C21H23N5O8. The molecule has 1 heterocycles. The Morgan fingerprint density at radius 2 is 1.56 bits per heavy atom. The molecule has 0 spiro atoms. The van der Waals surface area contributed by atoms with Gasteiger partial charge in [-0.2, -0.15) is 0 Å². The molecule has 0 bridgehead atoms. The molecule has 180 valence electrons. The number of rotatable bonds is 7. The maximum Gasteiger partial charge on any atom is 0.317 e. The van der Waals surface area contributed by atoms with Gasteiger partial charge in [0.2, 0.25) is 0 Å². The van der Waals surface area contributed by atoms with Gasteiger partial charge in [-0.05, 0) is 48.5 Å². The lowest BCUT2D eigenvalue weighted by molar-refractivity contribution is -0.324. The number of amides is 1. The molecule has 5 N–H and O–H groups in total. The van der Waals surface area contributed by atoms with Crippen molar-refractivity contribution < 1.29 is 34.4 Å². The number of hydrogen-bond donors (Lipinski definition) is 4. The predicted octanol–water partition coefficient (Wildman–Crippen LogP) is 0.244. The fraction of sp³-hybridized carbons (Fsp3) is 0.333. The van der Waals surface area contributed by atoms with E-state index in [2.05, 4.69) is 15.5 Å². The van der Waals surface area contributed by atoms with Gasteiger partial charge in [0.05, 0.1) is 5.69 Å². The van der Waals surface area contributed by atoms with Crippen LogP contribution in [0.4, 0.5) is 5.69 Å². The zero-order valence-electron chi connectivity index (χ0n) is 18.2. The van der Waals surface area contributed by atoms with Gasteiger partial charge in [0, 0.05) is 30.4 Å². The number of benzene rings is 2.